The normalized spacial score (nSPS) is 10.5. The number of rotatable bonds is 3. The number of hydrogen-bond donors (Lipinski definition) is 1. The van der Waals surface area contributed by atoms with E-state index in [9.17, 15) is 9.59 Å². The van der Waals surface area contributed by atoms with Crippen LogP contribution in [-0.4, -0.2) is 20.9 Å². The first-order chi connectivity index (χ1) is 12.0. The van der Waals surface area contributed by atoms with E-state index in [1.165, 1.54) is 19.1 Å². The molecule has 7 nitrogen and oxygen atoms in total. The lowest BCUT2D eigenvalue weighted by Gasteiger charge is -2.12. The number of nitrogen functional groups attached to an aromatic ring is 1. The van der Waals surface area contributed by atoms with Crippen LogP contribution in [0.1, 0.15) is 6.92 Å². The van der Waals surface area contributed by atoms with Gasteiger partial charge < -0.3 is 10.6 Å². The Kier molecular flexibility index (Phi) is 4.49. The Morgan fingerprint density at radius 3 is 2.60 bits per heavy atom. The number of carbonyl (C=O) groups excluding carboxylic acids is 1. The van der Waals surface area contributed by atoms with Gasteiger partial charge in [-0.25, -0.2) is 9.78 Å². The minimum atomic E-state index is -0.663. The third kappa shape index (κ3) is 3.51. The van der Waals surface area contributed by atoms with Crippen molar-refractivity contribution < 1.29 is 9.63 Å². The van der Waals surface area contributed by atoms with E-state index in [2.05, 4.69) is 10.1 Å². The summed E-state index contributed by atoms with van der Waals surface area (Å²) in [5.41, 5.74) is 7.51. The van der Waals surface area contributed by atoms with Gasteiger partial charge >= 0.3 is 11.5 Å². The topological polar surface area (TPSA) is 100 Å². The van der Waals surface area contributed by atoms with Crippen LogP contribution in [0.25, 0.3) is 22.5 Å². The summed E-state index contributed by atoms with van der Waals surface area (Å²) in [6, 6.07) is 13.7. The Morgan fingerprint density at radius 2 is 1.92 bits per heavy atom. The molecule has 0 amide bonds. The van der Waals surface area contributed by atoms with Crippen molar-refractivity contribution in [2.45, 2.75) is 6.92 Å². The summed E-state index contributed by atoms with van der Waals surface area (Å²) in [5, 5.41) is 4.31. The predicted octanol–water partition coefficient (Wildman–Crippen LogP) is 2.18. The summed E-state index contributed by atoms with van der Waals surface area (Å²) in [5.74, 6) is -0.485. The minimum absolute atomic E-state index is 0.178. The highest BCUT2D eigenvalue weighted by molar-refractivity contribution is 6.33. The zero-order chi connectivity index (χ0) is 18.0. The van der Waals surface area contributed by atoms with E-state index in [1.54, 1.807) is 6.07 Å². The summed E-state index contributed by atoms with van der Waals surface area (Å²) in [4.78, 5) is 32.7. The van der Waals surface area contributed by atoms with Crippen molar-refractivity contribution in [3.05, 3.63) is 63.9 Å². The molecule has 0 aliphatic rings. The first-order valence-electron chi connectivity index (χ1n) is 7.27. The average molecular weight is 357 g/mol. The van der Waals surface area contributed by atoms with Crippen LogP contribution < -0.4 is 16.1 Å². The highest BCUT2D eigenvalue weighted by atomic mass is 35.5. The van der Waals surface area contributed by atoms with Gasteiger partial charge in [0.05, 0.1) is 16.4 Å². The standard InChI is InChI=1S/C17H13ClN4O3/c1-10(23)25-22-15(24)8-7-14(21-22)12-9-13(18)17(19)20-16(12)11-5-3-2-4-6-11/h2-9H,1H3,(H2,19,20). The molecular formula is C17H13ClN4O3. The molecule has 126 valence electrons. The molecule has 2 N–H and O–H groups in total. The first kappa shape index (κ1) is 16.7. The molecule has 0 aliphatic carbocycles. The Morgan fingerprint density at radius 1 is 1.20 bits per heavy atom. The summed E-state index contributed by atoms with van der Waals surface area (Å²) in [6.45, 7) is 1.18. The number of pyridine rings is 1. The number of nitrogens with two attached hydrogens (primary N) is 1. The molecule has 0 atom stereocenters. The van der Waals surface area contributed by atoms with Crippen molar-refractivity contribution in [1.29, 1.82) is 0 Å². The number of benzene rings is 1. The SMILES string of the molecule is CC(=O)On1nc(-c2cc(Cl)c(N)nc2-c2ccccc2)ccc1=O. The van der Waals surface area contributed by atoms with Crippen LogP contribution in [0.2, 0.25) is 5.02 Å². The molecule has 0 unspecified atom stereocenters. The molecule has 0 saturated heterocycles. The third-order valence-corrected chi connectivity index (χ3v) is 3.61. The fourth-order valence-electron chi connectivity index (χ4n) is 2.24. The smallest absolute Gasteiger partial charge is 0.332 e. The van der Waals surface area contributed by atoms with Gasteiger partial charge in [-0.05, 0) is 17.0 Å². The third-order valence-electron chi connectivity index (χ3n) is 3.31. The Balaban J connectivity index is 2.22. The van der Waals surface area contributed by atoms with Gasteiger partial charge in [0.15, 0.2) is 0 Å². The summed E-state index contributed by atoms with van der Waals surface area (Å²) >= 11 is 6.11. The fourth-order valence-corrected chi connectivity index (χ4v) is 2.39. The average Bonchev–Trinajstić information content (AvgIpc) is 2.59. The molecule has 0 spiro atoms. The highest BCUT2D eigenvalue weighted by Gasteiger charge is 2.15. The van der Waals surface area contributed by atoms with Crippen molar-refractivity contribution in [1.82, 2.24) is 14.9 Å². The van der Waals surface area contributed by atoms with Gasteiger partial charge in [-0.3, -0.25) is 4.79 Å². The van der Waals surface area contributed by atoms with Crippen LogP contribution in [-0.2, 0) is 4.79 Å². The highest BCUT2D eigenvalue weighted by Crippen LogP contribution is 2.33. The van der Waals surface area contributed by atoms with Gasteiger partial charge in [0.25, 0.3) is 0 Å². The molecular weight excluding hydrogens is 344 g/mol. The second-order valence-corrected chi connectivity index (χ2v) is 5.54. The van der Waals surface area contributed by atoms with E-state index < -0.39 is 11.5 Å². The number of aromatic nitrogens is 3. The van der Waals surface area contributed by atoms with Gasteiger partial charge in [-0.15, -0.1) is 5.10 Å². The van der Waals surface area contributed by atoms with Crippen LogP contribution >= 0.6 is 11.6 Å². The van der Waals surface area contributed by atoms with Gasteiger partial charge in [-0.2, -0.15) is 0 Å². The van der Waals surface area contributed by atoms with E-state index in [-0.39, 0.29) is 10.8 Å². The molecule has 0 bridgehead atoms. The number of anilines is 1. The summed E-state index contributed by atoms with van der Waals surface area (Å²) < 4.78 is 0. The first-order valence-corrected chi connectivity index (χ1v) is 7.64. The van der Waals surface area contributed by atoms with Crippen LogP contribution in [0.3, 0.4) is 0 Å². The lowest BCUT2D eigenvalue weighted by atomic mass is 10.0. The van der Waals surface area contributed by atoms with E-state index in [0.29, 0.717) is 21.8 Å². The zero-order valence-electron chi connectivity index (χ0n) is 13.1. The zero-order valence-corrected chi connectivity index (χ0v) is 13.9. The van der Waals surface area contributed by atoms with E-state index in [1.807, 2.05) is 30.3 Å². The number of halogens is 1. The molecule has 2 heterocycles. The Hall–Kier alpha value is -3.19. The monoisotopic (exact) mass is 356 g/mol. The van der Waals surface area contributed by atoms with Crippen LogP contribution in [0.15, 0.2) is 53.3 Å². The maximum Gasteiger partial charge on any atom is 0.332 e. The maximum atomic E-state index is 11.8. The van der Waals surface area contributed by atoms with Gasteiger partial charge in [-0.1, -0.05) is 41.9 Å². The second kappa shape index (κ2) is 6.74. The number of hydrogen-bond acceptors (Lipinski definition) is 6. The summed E-state index contributed by atoms with van der Waals surface area (Å²) in [7, 11) is 0. The summed E-state index contributed by atoms with van der Waals surface area (Å²) in [6.07, 6.45) is 0. The molecule has 0 radical (unpaired) electrons. The molecule has 8 heteroatoms. The van der Waals surface area contributed by atoms with E-state index >= 15 is 0 Å². The molecule has 2 aromatic heterocycles. The Labute approximate surface area is 147 Å². The van der Waals surface area contributed by atoms with Crippen molar-refractivity contribution >= 4 is 23.4 Å². The van der Waals surface area contributed by atoms with Crippen LogP contribution in [0, 0.1) is 0 Å². The molecule has 3 aromatic rings. The van der Waals surface area contributed by atoms with Crippen LogP contribution in [0.4, 0.5) is 5.82 Å². The van der Waals surface area contributed by atoms with Gasteiger partial charge in [0.2, 0.25) is 0 Å². The lowest BCUT2D eigenvalue weighted by Crippen LogP contribution is -2.31. The maximum absolute atomic E-state index is 11.8. The molecule has 1 aromatic carbocycles. The minimum Gasteiger partial charge on any atom is -0.382 e. The van der Waals surface area contributed by atoms with Crippen molar-refractivity contribution in [2.75, 3.05) is 5.73 Å². The second-order valence-electron chi connectivity index (χ2n) is 5.13. The predicted molar refractivity (Wildman–Crippen MR) is 93.8 cm³/mol. The molecule has 0 saturated carbocycles. The molecule has 0 fully saturated rings. The Bertz CT molecular complexity index is 1000. The van der Waals surface area contributed by atoms with Crippen molar-refractivity contribution in [3.63, 3.8) is 0 Å². The quantitative estimate of drug-likeness (QED) is 0.772. The van der Waals surface area contributed by atoms with E-state index in [4.69, 9.17) is 22.2 Å². The van der Waals surface area contributed by atoms with Gasteiger partial charge in [0.1, 0.15) is 5.82 Å². The number of nitrogens with zero attached hydrogens (tertiary/aromatic N) is 3. The van der Waals surface area contributed by atoms with E-state index in [0.717, 1.165) is 5.56 Å². The number of carbonyl (C=O) groups is 1. The molecule has 25 heavy (non-hydrogen) atoms. The largest absolute Gasteiger partial charge is 0.382 e. The fraction of sp³-hybridized carbons (Fsp3) is 0.0588. The lowest BCUT2D eigenvalue weighted by molar-refractivity contribution is -0.143. The van der Waals surface area contributed by atoms with Gasteiger partial charge in [0, 0.05) is 24.1 Å². The molecule has 0 aliphatic heterocycles. The van der Waals surface area contributed by atoms with Crippen molar-refractivity contribution in [2.24, 2.45) is 0 Å². The van der Waals surface area contributed by atoms with Crippen molar-refractivity contribution in [3.8, 4) is 22.5 Å². The van der Waals surface area contributed by atoms with Crippen LogP contribution in [0.5, 0.6) is 0 Å². The molecule has 3 rings (SSSR count).